The highest BCUT2D eigenvalue weighted by Crippen LogP contribution is 2.33. The van der Waals surface area contributed by atoms with Crippen molar-refractivity contribution in [3.63, 3.8) is 0 Å². The van der Waals surface area contributed by atoms with E-state index in [-0.39, 0.29) is 12.2 Å². The number of hydrogen-bond acceptors (Lipinski definition) is 4. The molecule has 1 aromatic rings. The molecule has 1 atom stereocenters. The van der Waals surface area contributed by atoms with Gasteiger partial charge in [-0.25, -0.2) is 0 Å². The van der Waals surface area contributed by atoms with Gasteiger partial charge in [0.25, 0.3) is 0 Å². The number of Topliss-reactive ketones (excluding diaryl/α,β-unsaturated/α-hetero) is 1. The van der Waals surface area contributed by atoms with Crippen molar-refractivity contribution in [1.82, 2.24) is 0 Å². The second kappa shape index (κ2) is 8.96. The summed E-state index contributed by atoms with van der Waals surface area (Å²) in [7, 11) is 0. The topological polar surface area (TPSA) is 63.6 Å². The third-order valence-corrected chi connectivity index (χ3v) is 5.60. The Morgan fingerprint density at radius 2 is 1.87 bits per heavy atom. The standard InChI is InChI=1S/C18H24O4S/c1-2-22-14-10-8-13(9-11-14)16(19)12-17(18(20)21)23-15-6-4-3-5-7-15/h8-11,15,17H,2-7,12H2,1H3,(H,20,21)/t17-/m1/s1. The van der Waals surface area contributed by atoms with Gasteiger partial charge in [-0.1, -0.05) is 19.3 Å². The lowest BCUT2D eigenvalue weighted by Crippen LogP contribution is -2.24. The van der Waals surface area contributed by atoms with E-state index in [9.17, 15) is 14.7 Å². The first-order valence-electron chi connectivity index (χ1n) is 8.24. The minimum absolute atomic E-state index is 0.0461. The third-order valence-electron chi connectivity index (χ3n) is 4.04. The Kier molecular flexibility index (Phi) is 6.96. The largest absolute Gasteiger partial charge is 0.494 e. The Labute approximate surface area is 141 Å². The lowest BCUT2D eigenvalue weighted by molar-refractivity contribution is -0.136. The molecule has 1 saturated carbocycles. The van der Waals surface area contributed by atoms with Gasteiger partial charge in [0.15, 0.2) is 5.78 Å². The Morgan fingerprint density at radius 3 is 2.43 bits per heavy atom. The van der Waals surface area contributed by atoms with Crippen LogP contribution in [0, 0.1) is 0 Å². The molecule has 23 heavy (non-hydrogen) atoms. The van der Waals surface area contributed by atoms with E-state index in [1.54, 1.807) is 24.3 Å². The molecule has 0 unspecified atom stereocenters. The predicted octanol–water partition coefficient (Wildman–Crippen LogP) is 4.18. The molecule has 0 bridgehead atoms. The highest BCUT2D eigenvalue weighted by Gasteiger charge is 2.27. The molecular weight excluding hydrogens is 312 g/mol. The monoisotopic (exact) mass is 336 g/mol. The van der Waals surface area contributed by atoms with Crippen molar-refractivity contribution in [2.24, 2.45) is 0 Å². The first-order chi connectivity index (χ1) is 11.1. The van der Waals surface area contributed by atoms with E-state index in [0.717, 1.165) is 31.4 Å². The van der Waals surface area contributed by atoms with E-state index >= 15 is 0 Å². The van der Waals surface area contributed by atoms with Gasteiger partial charge in [-0.05, 0) is 44.0 Å². The molecule has 0 aliphatic heterocycles. The van der Waals surface area contributed by atoms with E-state index in [1.807, 2.05) is 6.92 Å². The second-order valence-corrected chi connectivity index (χ2v) is 7.32. The zero-order chi connectivity index (χ0) is 16.7. The van der Waals surface area contributed by atoms with Crippen LogP contribution in [0.3, 0.4) is 0 Å². The molecule has 1 N–H and O–H groups in total. The average molecular weight is 336 g/mol. The van der Waals surface area contributed by atoms with Crippen LogP contribution in [0.25, 0.3) is 0 Å². The number of thioether (sulfide) groups is 1. The number of carbonyl (C=O) groups excluding carboxylic acids is 1. The van der Waals surface area contributed by atoms with E-state index in [0.29, 0.717) is 17.4 Å². The van der Waals surface area contributed by atoms with Gasteiger partial charge < -0.3 is 9.84 Å². The van der Waals surface area contributed by atoms with Crippen molar-refractivity contribution >= 4 is 23.5 Å². The zero-order valence-corrected chi connectivity index (χ0v) is 14.3. The number of carbonyl (C=O) groups is 2. The van der Waals surface area contributed by atoms with Crippen molar-refractivity contribution in [2.75, 3.05) is 6.61 Å². The van der Waals surface area contributed by atoms with Crippen LogP contribution < -0.4 is 4.74 Å². The van der Waals surface area contributed by atoms with Crippen LogP contribution in [0.2, 0.25) is 0 Å². The molecule has 0 spiro atoms. The summed E-state index contributed by atoms with van der Waals surface area (Å²) in [5.74, 6) is -0.293. The molecule has 0 saturated heterocycles. The van der Waals surface area contributed by atoms with E-state index in [4.69, 9.17) is 4.74 Å². The third kappa shape index (κ3) is 5.57. The number of carboxylic acids is 1. The molecule has 0 aromatic heterocycles. The van der Waals surface area contributed by atoms with Gasteiger partial charge in [0, 0.05) is 17.2 Å². The van der Waals surface area contributed by atoms with Crippen molar-refractivity contribution in [3.8, 4) is 5.75 Å². The molecule has 1 aliphatic carbocycles. The maximum Gasteiger partial charge on any atom is 0.317 e. The molecular formula is C18H24O4S. The van der Waals surface area contributed by atoms with Crippen LogP contribution in [0.1, 0.15) is 55.8 Å². The van der Waals surface area contributed by atoms with Gasteiger partial charge in [0.2, 0.25) is 0 Å². The number of ether oxygens (including phenoxy) is 1. The van der Waals surface area contributed by atoms with Crippen molar-refractivity contribution in [3.05, 3.63) is 29.8 Å². The Morgan fingerprint density at radius 1 is 1.22 bits per heavy atom. The fourth-order valence-corrected chi connectivity index (χ4v) is 4.25. The number of aliphatic carboxylic acids is 1. The Hall–Kier alpha value is -1.49. The summed E-state index contributed by atoms with van der Waals surface area (Å²) in [6.07, 6.45) is 5.73. The minimum Gasteiger partial charge on any atom is -0.494 e. The summed E-state index contributed by atoms with van der Waals surface area (Å²) in [5.41, 5.74) is 0.545. The summed E-state index contributed by atoms with van der Waals surface area (Å²) in [5, 5.41) is 9.14. The average Bonchev–Trinajstić information content (AvgIpc) is 2.56. The minimum atomic E-state index is -0.889. The molecule has 2 rings (SSSR count). The molecule has 0 heterocycles. The lowest BCUT2D eigenvalue weighted by Gasteiger charge is -2.24. The van der Waals surface area contributed by atoms with Crippen LogP contribution in [-0.2, 0) is 4.79 Å². The van der Waals surface area contributed by atoms with Crippen molar-refractivity contribution in [1.29, 1.82) is 0 Å². The fourth-order valence-electron chi connectivity index (χ4n) is 2.82. The van der Waals surface area contributed by atoms with Gasteiger partial charge in [-0.15, -0.1) is 11.8 Å². The van der Waals surface area contributed by atoms with Gasteiger partial charge >= 0.3 is 5.97 Å². The molecule has 0 amide bonds. The SMILES string of the molecule is CCOc1ccc(C(=O)C[C@@H](SC2CCCCC2)C(=O)O)cc1. The molecule has 1 fully saturated rings. The normalized spacial score (nSPS) is 16.7. The number of ketones is 1. The summed E-state index contributed by atoms with van der Waals surface area (Å²) in [6, 6.07) is 6.91. The first kappa shape index (κ1) is 17.9. The first-order valence-corrected chi connectivity index (χ1v) is 9.18. The van der Waals surface area contributed by atoms with Gasteiger partial charge in [0.05, 0.1) is 6.61 Å². The quantitative estimate of drug-likeness (QED) is 0.722. The van der Waals surface area contributed by atoms with Crippen molar-refractivity contribution in [2.45, 2.75) is 55.9 Å². The smallest absolute Gasteiger partial charge is 0.317 e. The van der Waals surface area contributed by atoms with E-state index in [2.05, 4.69) is 0 Å². The summed E-state index contributed by atoms with van der Waals surface area (Å²) < 4.78 is 5.35. The molecule has 126 valence electrons. The van der Waals surface area contributed by atoms with E-state index < -0.39 is 11.2 Å². The van der Waals surface area contributed by atoms with Gasteiger partial charge in [-0.3, -0.25) is 9.59 Å². The van der Waals surface area contributed by atoms with Crippen molar-refractivity contribution < 1.29 is 19.4 Å². The van der Waals surface area contributed by atoms with Crippen LogP contribution in [-0.4, -0.2) is 34.0 Å². The van der Waals surface area contributed by atoms with Gasteiger partial charge in [0.1, 0.15) is 11.0 Å². The molecule has 4 nitrogen and oxygen atoms in total. The highest BCUT2D eigenvalue weighted by molar-refractivity contribution is 8.01. The van der Waals surface area contributed by atoms with Crippen LogP contribution in [0.5, 0.6) is 5.75 Å². The summed E-state index contributed by atoms with van der Waals surface area (Å²) in [6.45, 7) is 2.48. The van der Waals surface area contributed by atoms with Crippen LogP contribution in [0.15, 0.2) is 24.3 Å². The number of carboxylic acid groups (broad SMARTS) is 1. The maximum absolute atomic E-state index is 12.4. The van der Waals surface area contributed by atoms with Crippen LogP contribution >= 0.6 is 11.8 Å². The Bertz CT molecular complexity index is 520. The number of rotatable bonds is 8. The maximum atomic E-state index is 12.4. The molecule has 1 aromatic carbocycles. The van der Waals surface area contributed by atoms with E-state index in [1.165, 1.54) is 18.2 Å². The predicted molar refractivity (Wildman–Crippen MR) is 92.4 cm³/mol. The lowest BCUT2D eigenvalue weighted by atomic mass is 10.0. The summed E-state index contributed by atoms with van der Waals surface area (Å²) in [4.78, 5) is 23.8. The Balaban J connectivity index is 1.95. The van der Waals surface area contributed by atoms with Crippen LogP contribution in [0.4, 0.5) is 0 Å². The zero-order valence-electron chi connectivity index (χ0n) is 13.5. The molecule has 5 heteroatoms. The number of hydrogen-bond donors (Lipinski definition) is 1. The fraction of sp³-hybridized carbons (Fsp3) is 0.556. The molecule has 1 aliphatic rings. The second-order valence-electron chi connectivity index (χ2n) is 5.81. The molecule has 0 radical (unpaired) electrons. The summed E-state index contributed by atoms with van der Waals surface area (Å²) >= 11 is 1.46. The van der Waals surface area contributed by atoms with Gasteiger partial charge in [-0.2, -0.15) is 0 Å². The number of benzene rings is 1. The highest BCUT2D eigenvalue weighted by atomic mass is 32.2.